The van der Waals surface area contributed by atoms with Crippen LogP contribution in [0.3, 0.4) is 0 Å². The Labute approximate surface area is 161 Å². The fourth-order valence-corrected chi connectivity index (χ4v) is 2.85. The van der Waals surface area contributed by atoms with Gasteiger partial charge in [0.15, 0.2) is 12.4 Å². The van der Waals surface area contributed by atoms with E-state index in [4.69, 9.17) is 4.74 Å². The lowest BCUT2D eigenvalue weighted by atomic mass is 10.1. The van der Waals surface area contributed by atoms with Crippen molar-refractivity contribution in [1.29, 1.82) is 0 Å². The molecule has 2 aromatic carbocycles. The van der Waals surface area contributed by atoms with Gasteiger partial charge >= 0.3 is 5.97 Å². The highest BCUT2D eigenvalue weighted by Gasteiger charge is 2.32. The van der Waals surface area contributed by atoms with E-state index < -0.39 is 18.4 Å². The summed E-state index contributed by atoms with van der Waals surface area (Å²) in [6, 6.07) is 13.2. The third-order valence-electron chi connectivity index (χ3n) is 4.22. The highest BCUT2D eigenvalue weighted by Crippen LogP contribution is 2.30. The van der Waals surface area contributed by atoms with Crippen LogP contribution >= 0.6 is 0 Å². The average molecular weight is 378 g/mol. The number of rotatable bonds is 6. The molecule has 1 aliphatic rings. The number of anilines is 1. The predicted octanol–water partition coefficient (Wildman–Crippen LogP) is 2.50. The van der Waals surface area contributed by atoms with Gasteiger partial charge < -0.3 is 10.1 Å². The van der Waals surface area contributed by atoms with Crippen molar-refractivity contribution in [2.75, 3.05) is 18.5 Å². The van der Waals surface area contributed by atoms with Crippen LogP contribution in [0.15, 0.2) is 55.1 Å². The van der Waals surface area contributed by atoms with Crippen molar-refractivity contribution in [2.24, 2.45) is 0 Å². The number of fused-ring (bicyclic) bond motifs is 1. The highest BCUT2D eigenvalue weighted by molar-refractivity contribution is 6.10. The van der Waals surface area contributed by atoms with Crippen LogP contribution in [-0.4, -0.2) is 41.6 Å². The number of Topliss-reactive ketones (excluding diaryl/α,β-unsaturated/α-hetero) is 1. The van der Waals surface area contributed by atoms with E-state index >= 15 is 0 Å². The normalized spacial score (nSPS) is 12.5. The Bertz CT molecular complexity index is 944. The number of nitrogens with one attached hydrogen (secondary N) is 1. The number of benzene rings is 2. The van der Waals surface area contributed by atoms with Crippen molar-refractivity contribution in [3.63, 3.8) is 0 Å². The fraction of sp³-hybridized carbons (Fsp3) is 0.143. The molecule has 0 fully saturated rings. The summed E-state index contributed by atoms with van der Waals surface area (Å²) in [5.74, 6) is -1.63. The maximum atomic E-state index is 12.4. The van der Waals surface area contributed by atoms with E-state index in [0.29, 0.717) is 28.1 Å². The lowest BCUT2D eigenvalue weighted by Gasteiger charge is -2.16. The Hall–Kier alpha value is -3.74. The van der Waals surface area contributed by atoms with E-state index in [1.165, 1.54) is 24.0 Å². The van der Waals surface area contributed by atoms with Gasteiger partial charge in [0.25, 0.3) is 5.91 Å². The Morgan fingerprint density at radius 1 is 1.04 bits per heavy atom. The molecule has 7 heteroatoms. The van der Waals surface area contributed by atoms with Crippen LogP contribution in [0.4, 0.5) is 5.69 Å². The zero-order valence-corrected chi connectivity index (χ0v) is 15.2. The summed E-state index contributed by atoms with van der Waals surface area (Å²) in [6.45, 7) is 4.48. The summed E-state index contributed by atoms with van der Waals surface area (Å²) in [5, 5.41) is 2.60. The van der Waals surface area contributed by atoms with Crippen LogP contribution < -0.4 is 5.32 Å². The van der Waals surface area contributed by atoms with Gasteiger partial charge in [0.05, 0.1) is 0 Å². The number of hydrogen-bond donors (Lipinski definition) is 1. The first kappa shape index (κ1) is 19.0. The van der Waals surface area contributed by atoms with E-state index in [1.54, 1.807) is 36.4 Å². The molecule has 2 amide bonds. The van der Waals surface area contributed by atoms with Crippen molar-refractivity contribution in [3.8, 4) is 0 Å². The molecule has 2 aromatic rings. The van der Waals surface area contributed by atoms with E-state index in [2.05, 4.69) is 11.9 Å². The number of carbonyl (C=O) groups excluding carboxylic acids is 4. The van der Waals surface area contributed by atoms with E-state index in [0.717, 1.165) is 0 Å². The second-order valence-electron chi connectivity index (χ2n) is 6.23. The van der Waals surface area contributed by atoms with Crippen molar-refractivity contribution in [2.45, 2.75) is 6.92 Å². The largest absolute Gasteiger partial charge is 0.456 e. The molecular formula is C21H18N2O5. The molecular weight excluding hydrogens is 360 g/mol. The monoisotopic (exact) mass is 378 g/mol. The Kier molecular flexibility index (Phi) is 5.35. The molecule has 0 saturated carbocycles. The first-order valence-electron chi connectivity index (χ1n) is 8.53. The fourth-order valence-electron chi connectivity index (χ4n) is 2.85. The maximum absolute atomic E-state index is 12.4. The second kappa shape index (κ2) is 7.87. The van der Waals surface area contributed by atoms with E-state index in [1.807, 2.05) is 0 Å². The van der Waals surface area contributed by atoms with Crippen LogP contribution in [0.1, 0.15) is 33.2 Å². The third kappa shape index (κ3) is 3.98. The lowest BCUT2D eigenvalue weighted by Crippen LogP contribution is -2.31. The number of esters is 1. The lowest BCUT2D eigenvalue weighted by molar-refractivity contribution is -0.142. The van der Waals surface area contributed by atoms with Gasteiger partial charge in [-0.25, -0.2) is 0 Å². The zero-order valence-electron chi connectivity index (χ0n) is 15.2. The standard InChI is InChI=1S/C21H18N2O5/c1-13-17-5-3-4-6-18(17)21(27)23(13)11-20(26)28-12-19(25)15-7-9-16(10-8-15)22-14(2)24/h3-10H,1,11-12H2,2H3,(H,22,24). The van der Waals surface area contributed by atoms with E-state index in [-0.39, 0.29) is 18.4 Å². The molecule has 0 spiro atoms. The molecule has 0 bridgehead atoms. The van der Waals surface area contributed by atoms with Gasteiger partial charge in [0.2, 0.25) is 5.91 Å². The van der Waals surface area contributed by atoms with Crippen molar-refractivity contribution in [1.82, 2.24) is 4.90 Å². The number of hydrogen-bond acceptors (Lipinski definition) is 5. The molecule has 0 aromatic heterocycles. The molecule has 3 rings (SSSR count). The second-order valence-corrected chi connectivity index (χ2v) is 6.23. The summed E-state index contributed by atoms with van der Waals surface area (Å²) in [6.07, 6.45) is 0. The molecule has 1 heterocycles. The summed E-state index contributed by atoms with van der Waals surface area (Å²) in [5.41, 5.74) is 2.49. The van der Waals surface area contributed by atoms with Gasteiger partial charge in [-0.1, -0.05) is 24.8 Å². The Morgan fingerprint density at radius 3 is 2.29 bits per heavy atom. The molecule has 1 N–H and O–H groups in total. The number of ketones is 1. The predicted molar refractivity (Wildman–Crippen MR) is 103 cm³/mol. The van der Waals surface area contributed by atoms with Gasteiger partial charge in [-0.2, -0.15) is 0 Å². The minimum absolute atomic E-state index is 0.215. The summed E-state index contributed by atoms with van der Waals surface area (Å²) in [7, 11) is 0. The number of carbonyl (C=O) groups is 4. The molecule has 0 unspecified atom stereocenters. The summed E-state index contributed by atoms with van der Waals surface area (Å²) in [4.78, 5) is 48.9. The SMILES string of the molecule is C=C1c2ccccc2C(=O)N1CC(=O)OCC(=O)c1ccc(NC(C)=O)cc1. The number of nitrogens with zero attached hydrogens (tertiary/aromatic N) is 1. The van der Waals surface area contributed by atoms with Crippen molar-refractivity contribution < 1.29 is 23.9 Å². The minimum atomic E-state index is -0.703. The van der Waals surface area contributed by atoms with Crippen LogP contribution in [-0.2, 0) is 14.3 Å². The quantitative estimate of drug-likeness (QED) is 0.616. The third-order valence-corrected chi connectivity index (χ3v) is 4.22. The molecule has 0 atom stereocenters. The molecule has 142 valence electrons. The van der Waals surface area contributed by atoms with Gasteiger partial charge in [0.1, 0.15) is 6.54 Å². The van der Waals surface area contributed by atoms with Crippen LogP contribution in [0.25, 0.3) is 5.70 Å². The average Bonchev–Trinajstić information content (AvgIpc) is 2.91. The minimum Gasteiger partial charge on any atom is -0.456 e. The molecule has 0 aliphatic carbocycles. The molecule has 1 aliphatic heterocycles. The first-order chi connectivity index (χ1) is 13.4. The van der Waals surface area contributed by atoms with Crippen molar-refractivity contribution >= 4 is 35.0 Å². The van der Waals surface area contributed by atoms with Crippen molar-refractivity contribution in [3.05, 3.63) is 71.8 Å². The number of ether oxygens (including phenoxy) is 1. The van der Waals surface area contributed by atoms with Crippen LogP contribution in [0.2, 0.25) is 0 Å². The van der Waals surface area contributed by atoms with Crippen LogP contribution in [0, 0.1) is 0 Å². The van der Waals surface area contributed by atoms with E-state index in [9.17, 15) is 19.2 Å². The Morgan fingerprint density at radius 2 is 1.68 bits per heavy atom. The maximum Gasteiger partial charge on any atom is 0.326 e. The topological polar surface area (TPSA) is 92.8 Å². The van der Waals surface area contributed by atoms with Gasteiger partial charge in [-0.05, 0) is 30.3 Å². The first-order valence-corrected chi connectivity index (χ1v) is 8.53. The molecule has 0 radical (unpaired) electrons. The molecule has 7 nitrogen and oxygen atoms in total. The highest BCUT2D eigenvalue weighted by atomic mass is 16.5. The smallest absolute Gasteiger partial charge is 0.326 e. The van der Waals surface area contributed by atoms with Gasteiger partial charge in [-0.3, -0.25) is 24.1 Å². The van der Waals surface area contributed by atoms with Gasteiger partial charge in [0, 0.05) is 35.0 Å². The summed E-state index contributed by atoms with van der Waals surface area (Å²) < 4.78 is 5.02. The van der Waals surface area contributed by atoms with Gasteiger partial charge in [-0.15, -0.1) is 0 Å². The van der Waals surface area contributed by atoms with Crippen LogP contribution in [0.5, 0.6) is 0 Å². The number of amides is 2. The zero-order chi connectivity index (χ0) is 20.3. The molecule has 28 heavy (non-hydrogen) atoms. The summed E-state index contributed by atoms with van der Waals surface area (Å²) >= 11 is 0. The molecule has 0 saturated heterocycles. The Balaban J connectivity index is 1.55.